The van der Waals surface area contributed by atoms with E-state index in [9.17, 15) is 18.4 Å². The summed E-state index contributed by atoms with van der Waals surface area (Å²) in [6.45, 7) is 2.24. The Bertz CT molecular complexity index is 858. The standard InChI is InChI=1S/C15H14F2N2O3/c1-2-22-15(21)11-8-4-3-5-19(8)9-6-7(16)12(17)13(18)10(9)14(11)20/h6H,2-5,18H2,1H3. The number of aryl methyl sites for hydroxylation is 1. The Morgan fingerprint density at radius 1 is 1.45 bits per heavy atom. The second-order valence-electron chi connectivity index (χ2n) is 5.11. The monoisotopic (exact) mass is 308 g/mol. The van der Waals surface area contributed by atoms with Crippen LogP contribution in [0.4, 0.5) is 14.5 Å². The van der Waals surface area contributed by atoms with Crippen LogP contribution in [0.3, 0.4) is 0 Å². The minimum Gasteiger partial charge on any atom is -0.462 e. The molecule has 0 spiro atoms. The number of carbonyl (C=O) groups excluding carboxylic acids is 1. The molecule has 1 aliphatic rings. The third kappa shape index (κ3) is 1.88. The van der Waals surface area contributed by atoms with E-state index in [2.05, 4.69) is 0 Å². The molecule has 0 amide bonds. The van der Waals surface area contributed by atoms with Crippen molar-refractivity contribution in [3.8, 4) is 0 Å². The number of esters is 1. The fourth-order valence-electron chi connectivity index (χ4n) is 2.95. The summed E-state index contributed by atoms with van der Waals surface area (Å²) in [4.78, 5) is 24.7. The van der Waals surface area contributed by atoms with Gasteiger partial charge in [-0.3, -0.25) is 4.79 Å². The van der Waals surface area contributed by atoms with E-state index in [1.54, 1.807) is 11.5 Å². The van der Waals surface area contributed by atoms with Crippen LogP contribution in [0.5, 0.6) is 0 Å². The highest BCUT2D eigenvalue weighted by Gasteiger charge is 2.28. The van der Waals surface area contributed by atoms with E-state index in [0.29, 0.717) is 25.1 Å². The third-order valence-corrected chi connectivity index (χ3v) is 3.87. The van der Waals surface area contributed by atoms with Crippen molar-refractivity contribution in [1.29, 1.82) is 0 Å². The quantitative estimate of drug-likeness (QED) is 0.680. The number of nitrogens with zero attached hydrogens (tertiary/aromatic N) is 1. The van der Waals surface area contributed by atoms with Crippen molar-refractivity contribution in [3.05, 3.63) is 39.2 Å². The van der Waals surface area contributed by atoms with Crippen LogP contribution < -0.4 is 11.2 Å². The van der Waals surface area contributed by atoms with Gasteiger partial charge < -0.3 is 15.0 Å². The normalized spacial score (nSPS) is 13.4. The SMILES string of the molecule is CCOC(=O)c1c2n(c3cc(F)c(F)c(N)c3c1=O)CCC2. The van der Waals surface area contributed by atoms with Crippen molar-refractivity contribution in [2.24, 2.45) is 0 Å². The van der Waals surface area contributed by atoms with Crippen LogP contribution in [0.1, 0.15) is 29.4 Å². The number of nitrogen functional groups attached to an aromatic ring is 1. The highest BCUT2D eigenvalue weighted by atomic mass is 19.2. The molecule has 22 heavy (non-hydrogen) atoms. The molecule has 0 radical (unpaired) electrons. The van der Waals surface area contributed by atoms with Gasteiger partial charge in [-0.05, 0) is 19.8 Å². The molecule has 0 bridgehead atoms. The third-order valence-electron chi connectivity index (χ3n) is 3.87. The summed E-state index contributed by atoms with van der Waals surface area (Å²) >= 11 is 0. The Hall–Kier alpha value is -2.44. The van der Waals surface area contributed by atoms with E-state index < -0.39 is 28.7 Å². The molecule has 2 heterocycles. The number of carbonyl (C=O) groups is 1. The summed E-state index contributed by atoms with van der Waals surface area (Å²) in [6.07, 6.45) is 1.20. The molecular weight excluding hydrogens is 294 g/mol. The van der Waals surface area contributed by atoms with Crippen LogP contribution in [0.25, 0.3) is 10.9 Å². The molecule has 5 nitrogen and oxygen atoms in total. The van der Waals surface area contributed by atoms with E-state index >= 15 is 0 Å². The molecule has 1 aromatic carbocycles. The Morgan fingerprint density at radius 3 is 2.86 bits per heavy atom. The van der Waals surface area contributed by atoms with Crippen molar-refractivity contribution in [2.45, 2.75) is 26.3 Å². The zero-order valence-corrected chi connectivity index (χ0v) is 11.9. The van der Waals surface area contributed by atoms with Crippen LogP contribution in [0.15, 0.2) is 10.9 Å². The molecule has 7 heteroatoms. The van der Waals surface area contributed by atoms with Crippen molar-refractivity contribution < 1.29 is 18.3 Å². The molecule has 3 rings (SSSR count). The lowest BCUT2D eigenvalue weighted by atomic mass is 10.0. The fourth-order valence-corrected chi connectivity index (χ4v) is 2.95. The Kier molecular flexibility index (Phi) is 3.35. The average molecular weight is 308 g/mol. The number of nitrogens with two attached hydrogens (primary N) is 1. The summed E-state index contributed by atoms with van der Waals surface area (Å²) in [6, 6.07) is 0.951. The van der Waals surface area contributed by atoms with E-state index in [4.69, 9.17) is 10.5 Å². The minimum absolute atomic E-state index is 0.114. The molecule has 0 saturated heterocycles. The summed E-state index contributed by atoms with van der Waals surface area (Å²) in [7, 11) is 0. The van der Waals surface area contributed by atoms with Gasteiger partial charge in [-0.25, -0.2) is 13.6 Å². The van der Waals surface area contributed by atoms with Gasteiger partial charge in [-0.1, -0.05) is 0 Å². The molecule has 1 aromatic heterocycles. The van der Waals surface area contributed by atoms with Crippen molar-refractivity contribution in [1.82, 2.24) is 4.57 Å². The molecule has 0 fully saturated rings. The first kappa shape index (κ1) is 14.5. The molecule has 0 unspecified atom stereocenters. The summed E-state index contributed by atoms with van der Waals surface area (Å²) in [5.74, 6) is -3.16. The fraction of sp³-hybridized carbons (Fsp3) is 0.333. The topological polar surface area (TPSA) is 74.3 Å². The van der Waals surface area contributed by atoms with Gasteiger partial charge in [0.25, 0.3) is 0 Å². The van der Waals surface area contributed by atoms with Crippen LogP contribution in [-0.2, 0) is 17.7 Å². The maximum atomic E-state index is 13.7. The first-order valence-electron chi connectivity index (χ1n) is 6.97. The van der Waals surface area contributed by atoms with E-state index in [-0.39, 0.29) is 23.1 Å². The highest BCUT2D eigenvalue weighted by Crippen LogP contribution is 2.29. The summed E-state index contributed by atoms with van der Waals surface area (Å²) < 4.78 is 33.9. The first-order chi connectivity index (χ1) is 10.5. The summed E-state index contributed by atoms with van der Waals surface area (Å²) in [5.41, 5.74) is 4.85. The maximum Gasteiger partial charge on any atom is 0.343 e. The van der Waals surface area contributed by atoms with Gasteiger partial charge in [0.1, 0.15) is 5.56 Å². The number of rotatable bonds is 2. The van der Waals surface area contributed by atoms with Gasteiger partial charge in [0.15, 0.2) is 11.6 Å². The van der Waals surface area contributed by atoms with Crippen molar-refractivity contribution >= 4 is 22.6 Å². The van der Waals surface area contributed by atoms with E-state index in [1.165, 1.54) is 0 Å². The molecule has 0 saturated carbocycles. The van der Waals surface area contributed by atoms with Gasteiger partial charge in [0.2, 0.25) is 5.43 Å². The average Bonchev–Trinajstić information content (AvgIpc) is 2.94. The zero-order chi connectivity index (χ0) is 16.0. The van der Waals surface area contributed by atoms with Crippen LogP contribution in [0, 0.1) is 11.6 Å². The molecule has 116 valence electrons. The lowest BCUT2D eigenvalue weighted by Crippen LogP contribution is -2.24. The number of fused-ring (bicyclic) bond motifs is 3. The van der Waals surface area contributed by atoms with E-state index in [1.807, 2.05) is 0 Å². The number of ether oxygens (including phenoxy) is 1. The Morgan fingerprint density at radius 2 is 2.18 bits per heavy atom. The van der Waals surface area contributed by atoms with E-state index in [0.717, 1.165) is 6.07 Å². The van der Waals surface area contributed by atoms with Crippen molar-refractivity contribution in [2.75, 3.05) is 12.3 Å². The minimum atomic E-state index is -1.28. The maximum absolute atomic E-state index is 13.7. The predicted molar refractivity (Wildman–Crippen MR) is 76.8 cm³/mol. The Balaban J connectivity index is 2.47. The highest BCUT2D eigenvalue weighted by molar-refractivity contribution is 5.99. The molecule has 2 N–H and O–H groups in total. The second kappa shape index (κ2) is 5.08. The largest absolute Gasteiger partial charge is 0.462 e. The number of halogens is 2. The van der Waals surface area contributed by atoms with Gasteiger partial charge in [0.05, 0.1) is 23.2 Å². The number of pyridine rings is 1. The smallest absolute Gasteiger partial charge is 0.343 e. The first-order valence-corrected chi connectivity index (χ1v) is 6.97. The molecule has 2 aromatic rings. The summed E-state index contributed by atoms with van der Waals surface area (Å²) in [5, 5.41) is -0.174. The number of aromatic nitrogens is 1. The van der Waals surface area contributed by atoms with Gasteiger partial charge in [-0.15, -0.1) is 0 Å². The zero-order valence-electron chi connectivity index (χ0n) is 11.9. The van der Waals surface area contributed by atoms with Crippen LogP contribution >= 0.6 is 0 Å². The molecular formula is C15H14F2N2O3. The number of hydrogen-bond donors (Lipinski definition) is 1. The van der Waals surface area contributed by atoms with Crippen LogP contribution in [0.2, 0.25) is 0 Å². The molecule has 1 aliphatic heterocycles. The van der Waals surface area contributed by atoms with Gasteiger partial charge >= 0.3 is 5.97 Å². The second-order valence-corrected chi connectivity index (χ2v) is 5.11. The van der Waals surface area contributed by atoms with Gasteiger partial charge in [0, 0.05) is 18.3 Å². The van der Waals surface area contributed by atoms with Gasteiger partial charge in [-0.2, -0.15) is 0 Å². The molecule has 0 aliphatic carbocycles. The number of anilines is 1. The lowest BCUT2D eigenvalue weighted by Gasteiger charge is -2.15. The lowest BCUT2D eigenvalue weighted by molar-refractivity contribution is 0.0523. The van der Waals surface area contributed by atoms with Crippen molar-refractivity contribution in [3.63, 3.8) is 0 Å². The molecule has 0 atom stereocenters. The number of hydrogen-bond acceptors (Lipinski definition) is 4. The predicted octanol–water partition coefficient (Wildman–Crippen LogP) is 1.98. The Labute approximate surface area is 124 Å². The van der Waals surface area contributed by atoms with Crippen LogP contribution in [-0.4, -0.2) is 17.1 Å². The number of benzene rings is 1.